The fourth-order valence-electron chi connectivity index (χ4n) is 3.89. The molecule has 3 heterocycles. The molecule has 0 aliphatic carbocycles. The van der Waals surface area contributed by atoms with Gasteiger partial charge < -0.3 is 10.5 Å². The van der Waals surface area contributed by atoms with Crippen molar-refractivity contribution < 1.29 is 4.74 Å². The molecule has 6 nitrogen and oxygen atoms in total. The van der Waals surface area contributed by atoms with E-state index in [-0.39, 0.29) is 0 Å². The molecule has 6 heteroatoms. The van der Waals surface area contributed by atoms with Crippen LogP contribution in [0.1, 0.15) is 30.0 Å². The van der Waals surface area contributed by atoms with E-state index in [9.17, 15) is 0 Å². The summed E-state index contributed by atoms with van der Waals surface area (Å²) >= 11 is 0. The van der Waals surface area contributed by atoms with Crippen molar-refractivity contribution in [1.29, 1.82) is 0 Å². The van der Waals surface area contributed by atoms with Gasteiger partial charge in [0.1, 0.15) is 5.75 Å². The molecule has 1 fully saturated rings. The van der Waals surface area contributed by atoms with Gasteiger partial charge in [-0.05, 0) is 48.7 Å². The molecule has 1 saturated heterocycles. The van der Waals surface area contributed by atoms with Crippen LogP contribution in [0.5, 0.6) is 5.75 Å². The zero-order valence-electron chi connectivity index (χ0n) is 16.1. The molecule has 1 aliphatic heterocycles. The van der Waals surface area contributed by atoms with Crippen LogP contribution in [-0.2, 0) is 6.54 Å². The van der Waals surface area contributed by atoms with E-state index in [2.05, 4.69) is 25.9 Å². The lowest BCUT2D eigenvalue weighted by Crippen LogP contribution is -2.34. The molecule has 0 spiro atoms. The van der Waals surface area contributed by atoms with Gasteiger partial charge in [0, 0.05) is 43.2 Å². The lowest BCUT2D eigenvalue weighted by molar-refractivity contribution is 0.198. The fourth-order valence-corrected chi connectivity index (χ4v) is 3.89. The fraction of sp³-hybridized carbons (Fsp3) is 0.318. The highest BCUT2D eigenvalue weighted by Gasteiger charge is 2.25. The van der Waals surface area contributed by atoms with Crippen molar-refractivity contribution in [2.75, 3.05) is 25.9 Å². The van der Waals surface area contributed by atoms with Crippen LogP contribution in [-0.4, -0.2) is 40.1 Å². The maximum atomic E-state index is 5.95. The number of nitrogen functional groups attached to an aromatic ring is 1. The Morgan fingerprint density at radius 3 is 2.79 bits per heavy atom. The summed E-state index contributed by atoms with van der Waals surface area (Å²) in [5, 5.41) is 0. The van der Waals surface area contributed by atoms with Crippen molar-refractivity contribution in [2.24, 2.45) is 0 Å². The number of nitrogens with zero attached hydrogens (tertiary/aromatic N) is 4. The minimum atomic E-state index is 0.327. The third kappa shape index (κ3) is 4.12. The molecule has 2 aromatic heterocycles. The lowest BCUT2D eigenvalue weighted by Gasteiger charge is -2.33. The van der Waals surface area contributed by atoms with Crippen LogP contribution in [0.25, 0.3) is 11.1 Å². The number of benzene rings is 1. The Kier molecular flexibility index (Phi) is 5.48. The number of ether oxygens (including phenoxy) is 1. The number of aromatic nitrogens is 3. The number of hydrogen-bond donors (Lipinski definition) is 1. The zero-order chi connectivity index (χ0) is 19.3. The molecule has 3 aromatic rings. The van der Waals surface area contributed by atoms with Crippen LogP contribution in [0.15, 0.2) is 55.0 Å². The second-order valence-electron chi connectivity index (χ2n) is 7.19. The maximum absolute atomic E-state index is 5.95. The Hall–Kier alpha value is -2.99. The number of methoxy groups -OCH3 is 1. The first-order valence-corrected chi connectivity index (χ1v) is 9.61. The molecule has 0 unspecified atom stereocenters. The molecule has 1 aliphatic rings. The summed E-state index contributed by atoms with van der Waals surface area (Å²) in [6.07, 6.45) is 7.84. The van der Waals surface area contributed by atoms with Gasteiger partial charge >= 0.3 is 0 Å². The monoisotopic (exact) mass is 375 g/mol. The van der Waals surface area contributed by atoms with E-state index >= 15 is 0 Å². The average molecular weight is 375 g/mol. The predicted molar refractivity (Wildman–Crippen MR) is 110 cm³/mol. The van der Waals surface area contributed by atoms with Gasteiger partial charge in [-0.25, -0.2) is 9.97 Å². The van der Waals surface area contributed by atoms with Crippen molar-refractivity contribution in [1.82, 2.24) is 19.9 Å². The molecule has 0 bridgehead atoms. The van der Waals surface area contributed by atoms with E-state index < -0.39 is 0 Å². The molecular weight excluding hydrogens is 350 g/mol. The van der Waals surface area contributed by atoms with E-state index in [1.807, 2.05) is 48.9 Å². The number of piperidine rings is 1. The summed E-state index contributed by atoms with van der Waals surface area (Å²) < 4.78 is 5.28. The first-order chi connectivity index (χ1) is 13.7. The molecule has 2 N–H and O–H groups in total. The minimum absolute atomic E-state index is 0.327. The second-order valence-corrected chi connectivity index (χ2v) is 7.19. The second kappa shape index (κ2) is 8.35. The third-order valence-corrected chi connectivity index (χ3v) is 5.26. The van der Waals surface area contributed by atoms with Gasteiger partial charge in [-0.2, -0.15) is 0 Å². The Balaban J connectivity index is 1.59. The summed E-state index contributed by atoms with van der Waals surface area (Å²) in [6.45, 7) is 2.95. The maximum Gasteiger partial charge on any atom is 0.220 e. The van der Waals surface area contributed by atoms with Crippen LogP contribution in [0.2, 0.25) is 0 Å². The smallest absolute Gasteiger partial charge is 0.220 e. The van der Waals surface area contributed by atoms with Crippen LogP contribution in [0, 0.1) is 0 Å². The Bertz CT molecular complexity index is 914. The van der Waals surface area contributed by atoms with Gasteiger partial charge in [0.05, 0.1) is 12.8 Å². The highest BCUT2D eigenvalue weighted by molar-refractivity contribution is 5.67. The van der Waals surface area contributed by atoms with E-state index in [0.717, 1.165) is 55.0 Å². The average Bonchev–Trinajstić information content (AvgIpc) is 2.75. The molecule has 0 radical (unpaired) electrons. The summed E-state index contributed by atoms with van der Waals surface area (Å²) in [4.78, 5) is 15.6. The minimum Gasteiger partial charge on any atom is -0.497 e. The first-order valence-electron chi connectivity index (χ1n) is 9.61. The number of hydrogen-bond acceptors (Lipinski definition) is 6. The Morgan fingerprint density at radius 2 is 2.04 bits per heavy atom. The quantitative estimate of drug-likeness (QED) is 0.735. The molecule has 0 saturated carbocycles. The number of nitrogens with two attached hydrogens (primary N) is 1. The number of pyridine rings is 1. The van der Waals surface area contributed by atoms with Crippen molar-refractivity contribution in [2.45, 2.75) is 25.3 Å². The number of rotatable bonds is 5. The predicted octanol–water partition coefficient (Wildman–Crippen LogP) is 3.51. The van der Waals surface area contributed by atoms with Gasteiger partial charge in [0.2, 0.25) is 5.95 Å². The van der Waals surface area contributed by atoms with Crippen LogP contribution in [0.3, 0.4) is 0 Å². The molecule has 1 atom stereocenters. The number of likely N-dealkylation sites (tertiary alicyclic amines) is 1. The van der Waals surface area contributed by atoms with E-state index in [4.69, 9.17) is 10.5 Å². The molecular formula is C22H25N5O. The van der Waals surface area contributed by atoms with Crippen molar-refractivity contribution in [3.05, 3.63) is 66.2 Å². The highest BCUT2D eigenvalue weighted by Crippen LogP contribution is 2.34. The first kappa shape index (κ1) is 18.4. The summed E-state index contributed by atoms with van der Waals surface area (Å²) in [7, 11) is 1.67. The summed E-state index contributed by atoms with van der Waals surface area (Å²) in [5.74, 6) is 1.49. The van der Waals surface area contributed by atoms with Gasteiger partial charge in [-0.15, -0.1) is 0 Å². The van der Waals surface area contributed by atoms with Crippen LogP contribution >= 0.6 is 0 Å². The van der Waals surface area contributed by atoms with Gasteiger partial charge in [0.15, 0.2) is 0 Å². The summed E-state index contributed by atoms with van der Waals surface area (Å²) in [6, 6.07) is 12.1. The van der Waals surface area contributed by atoms with Gasteiger partial charge in [0.25, 0.3) is 0 Å². The third-order valence-electron chi connectivity index (χ3n) is 5.26. The van der Waals surface area contributed by atoms with Crippen molar-refractivity contribution in [3.8, 4) is 16.9 Å². The normalized spacial score (nSPS) is 17.4. The Labute approximate surface area is 165 Å². The van der Waals surface area contributed by atoms with Gasteiger partial charge in [-0.3, -0.25) is 9.88 Å². The van der Waals surface area contributed by atoms with Crippen LogP contribution in [0.4, 0.5) is 5.95 Å². The molecule has 144 valence electrons. The SMILES string of the molecule is COc1ccc(-c2cnc(N)nc2[C@H]2CCCN(Cc3cccnc3)C2)cc1. The Morgan fingerprint density at radius 1 is 1.18 bits per heavy atom. The van der Waals surface area contributed by atoms with Crippen molar-refractivity contribution >= 4 is 5.95 Å². The standard InChI is InChI=1S/C22H25N5O/c1-28-19-8-6-17(7-9-19)20-13-25-22(23)26-21(20)18-5-3-11-27(15-18)14-16-4-2-10-24-12-16/h2,4,6-10,12-13,18H,3,5,11,14-15H2,1H3,(H2,23,25,26)/t18-/m0/s1. The molecule has 4 rings (SSSR count). The molecule has 1 aromatic carbocycles. The van der Waals surface area contributed by atoms with Crippen LogP contribution < -0.4 is 10.5 Å². The lowest BCUT2D eigenvalue weighted by atomic mass is 9.89. The highest BCUT2D eigenvalue weighted by atomic mass is 16.5. The zero-order valence-corrected chi connectivity index (χ0v) is 16.1. The van der Waals surface area contributed by atoms with E-state index in [0.29, 0.717) is 11.9 Å². The van der Waals surface area contributed by atoms with E-state index in [1.54, 1.807) is 7.11 Å². The van der Waals surface area contributed by atoms with Crippen molar-refractivity contribution in [3.63, 3.8) is 0 Å². The van der Waals surface area contributed by atoms with Gasteiger partial charge in [-0.1, -0.05) is 18.2 Å². The largest absolute Gasteiger partial charge is 0.497 e. The molecule has 28 heavy (non-hydrogen) atoms. The number of anilines is 1. The van der Waals surface area contributed by atoms with E-state index in [1.165, 1.54) is 5.56 Å². The summed E-state index contributed by atoms with van der Waals surface area (Å²) in [5.41, 5.74) is 10.4. The topological polar surface area (TPSA) is 77.2 Å². The molecule has 0 amide bonds.